The molecular weight excluding hydrogens is 387 g/mol. The largest absolute Gasteiger partial charge is 0.469 e. The average molecular weight is 410 g/mol. The minimum atomic E-state index is -1.29. The summed E-state index contributed by atoms with van der Waals surface area (Å²) in [5.74, 6) is 0.566. The summed E-state index contributed by atoms with van der Waals surface area (Å²) in [5.41, 5.74) is 1.19. The van der Waals surface area contributed by atoms with E-state index in [9.17, 15) is 4.79 Å². The number of benzene rings is 4. The molecule has 2 nitrogen and oxygen atoms in total. The SMILES string of the molecule is O=C(C(=[PH3])c1ccccc1)C(Oc1ccccc1)(c1ccccc1)c1ccccc1. The molecule has 0 N–H and O–H groups in total. The summed E-state index contributed by atoms with van der Waals surface area (Å²) in [6, 6.07) is 38.8. The van der Waals surface area contributed by atoms with Crippen LogP contribution in [0.3, 0.4) is 0 Å². The molecule has 0 bridgehead atoms. The van der Waals surface area contributed by atoms with E-state index in [0.717, 1.165) is 16.7 Å². The summed E-state index contributed by atoms with van der Waals surface area (Å²) in [6.45, 7) is 0. The smallest absolute Gasteiger partial charge is 0.221 e. The lowest BCUT2D eigenvalue weighted by Gasteiger charge is -2.35. The van der Waals surface area contributed by atoms with E-state index in [1.165, 1.54) is 0 Å². The molecule has 0 heterocycles. The fourth-order valence-corrected chi connectivity index (χ4v) is 4.07. The molecule has 4 aromatic rings. The first-order valence-electron chi connectivity index (χ1n) is 9.86. The third-order valence-corrected chi connectivity index (χ3v) is 5.82. The van der Waals surface area contributed by atoms with Gasteiger partial charge in [0.15, 0.2) is 0 Å². The van der Waals surface area contributed by atoms with E-state index in [4.69, 9.17) is 4.74 Å². The van der Waals surface area contributed by atoms with Gasteiger partial charge in [0.1, 0.15) is 5.75 Å². The van der Waals surface area contributed by atoms with Crippen molar-refractivity contribution in [2.24, 2.45) is 0 Å². The molecule has 0 spiro atoms. The van der Waals surface area contributed by atoms with E-state index in [1.807, 2.05) is 121 Å². The van der Waals surface area contributed by atoms with Crippen molar-refractivity contribution < 1.29 is 9.53 Å². The first kappa shape index (κ1) is 19.9. The molecular formula is C27H23O2P. The molecule has 0 fully saturated rings. The number of hydrogen-bond acceptors (Lipinski definition) is 2. The van der Waals surface area contributed by atoms with E-state index in [1.54, 1.807) is 8.86 Å². The Morgan fingerprint density at radius 2 is 1.00 bits per heavy atom. The number of para-hydroxylation sites is 1. The zero-order valence-electron chi connectivity index (χ0n) is 16.6. The van der Waals surface area contributed by atoms with E-state index >= 15 is 0 Å². The first-order chi connectivity index (χ1) is 14.7. The molecule has 4 aromatic carbocycles. The number of rotatable bonds is 7. The van der Waals surface area contributed by atoms with Gasteiger partial charge in [-0.15, -0.1) is 8.86 Å². The van der Waals surface area contributed by atoms with Gasteiger partial charge >= 0.3 is 0 Å². The fraction of sp³-hybridized carbons (Fsp3) is 0.0370. The number of carbonyl (C=O) groups excluding carboxylic acids is 1. The summed E-state index contributed by atoms with van der Waals surface area (Å²) in [6.07, 6.45) is 0. The van der Waals surface area contributed by atoms with Crippen molar-refractivity contribution in [2.75, 3.05) is 0 Å². The predicted octanol–water partition coefficient (Wildman–Crippen LogP) is 5.41. The minimum absolute atomic E-state index is 0.0757. The quantitative estimate of drug-likeness (QED) is 0.381. The number of ether oxygens (including phenoxy) is 1. The fourth-order valence-electron chi connectivity index (χ4n) is 3.59. The molecule has 4 rings (SSSR count). The van der Waals surface area contributed by atoms with Gasteiger partial charge in [-0.3, -0.25) is 4.79 Å². The Balaban J connectivity index is 1.94. The van der Waals surface area contributed by atoms with Crippen LogP contribution in [0.2, 0.25) is 0 Å². The third kappa shape index (κ3) is 3.87. The number of ketones is 1. The van der Waals surface area contributed by atoms with E-state index in [0.29, 0.717) is 11.0 Å². The zero-order chi connectivity index (χ0) is 20.8. The minimum Gasteiger partial charge on any atom is -0.469 e. The van der Waals surface area contributed by atoms with E-state index in [2.05, 4.69) is 0 Å². The van der Waals surface area contributed by atoms with Gasteiger partial charge in [-0.25, -0.2) is 0 Å². The van der Waals surface area contributed by atoms with Crippen LogP contribution < -0.4 is 4.74 Å². The van der Waals surface area contributed by atoms with Gasteiger partial charge in [-0.1, -0.05) is 109 Å². The lowest BCUT2D eigenvalue weighted by molar-refractivity contribution is -0.124. The van der Waals surface area contributed by atoms with E-state index in [-0.39, 0.29) is 5.78 Å². The Bertz CT molecular complexity index is 1090. The van der Waals surface area contributed by atoms with Crippen molar-refractivity contribution in [3.63, 3.8) is 0 Å². The van der Waals surface area contributed by atoms with Crippen LogP contribution >= 0.6 is 8.86 Å². The van der Waals surface area contributed by atoms with Crippen molar-refractivity contribution in [3.05, 3.63) is 138 Å². The van der Waals surface area contributed by atoms with Crippen LogP contribution in [0.25, 0.3) is 0 Å². The first-order valence-corrected chi connectivity index (χ1v) is 10.6. The topological polar surface area (TPSA) is 26.3 Å². The monoisotopic (exact) mass is 410 g/mol. The second kappa shape index (κ2) is 8.98. The summed E-state index contributed by atoms with van der Waals surface area (Å²) in [7, 11) is 1.61. The molecule has 30 heavy (non-hydrogen) atoms. The van der Waals surface area contributed by atoms with Gasteiger partial charge in [0, 0.05) is 16.4 Å². The molecule has 0 aliphatic rings. The van der Waals surface area contributed by atoms with Crippen molar-refractivity contribution in [3.8, 4) is 5.75 Å². The molecule has 0 amide bonds. The van der Waals surface area contributed by atoms with Crippen LogP contribution in [0.1, 0.15) is 16.7 Å². The van der Waals surface area contributed by atoms with E-state index < -0.39 is 5.60 Å². The molecule has 0 radical (unpaired) electrons. The molecule has 0 saturated carbocycles. The molecule has 3 heteroatoms. The summed E-state index contributed by atoms with van der Waals surface area (Å²) in [4.78, 5) is 14.2. The predicted molar refractivity (Wildman–Crippen MR) is 127 cm³/mol. The Morgan fingerprint density at radius 3 is 1.47 bits per heavy atom. The van der Waals surface area contributed by atoms with Crippen LogP contribution in [0, 0.1) is 0 Å². The molecule has 0 aromatic heterocycles. The highest BCUT2D eigenvalue weighted by atomic mass is 31.0. The van der Waals surface area contributed by atoms with Crippen LogP contribution in [-0.2, 0) is 10.4 Å². The highest BCUT2D eigenvalue weighted by molar-refractivity contribution is 7.27. The summed E-state index contributed by atoms with van der Waals surface area (Å²) >= 11 is 0. The Labute approximate surface area is 179 Å². The number of hydrogen-bond donors (Lipinski definition) is 0. The summed E-state index contributed by atoms with van der Waals surface area (Å²) < 4.78 is 6.61. The van der Waals surface area contributed by atoms with Gasteiger partial charge in [-0.05, 0) is 17.7 Å². The van der Waals surface area contributed by atoms with Gasteiger partial charge < -0.3 is 4.74 Å². The second-order valence-corrected chi connectivity index (χ2v) is 7.71. The Morgan fingerprint density at radius 1 is 0.600 bits per heavy atom. The lowest BCUT2D eigenvalue weighted by atomic mass is 9.80. The van der Waals surface area contributed by atoms with Crippen molar-refractivity contribution in [1.82, 2.24) is 0 Å². The van der Waals surface area contributed by atoms with Crippen molar-refractivity contribution >= 4 is 19.9 Å². The van der Waals surface area contributed by atoms with Gasteiger partial charge in [-0.2, -0.15) is 0 Å². The highest BCUT2D eigenvalue weighted by Gasteiger charge is 2.45. The molecule has 0 aliphatic carbocycles. The third-order valence-electron chi connectivity index (χ3n) is 5.09. The zero-order valence-corrected chi connectivity index (χ0v) is 18.0. The van der Waals surface area contributed by atoms with Crippen molar-refractivity contribution in [1.29, 1.82) is 0 Å². The molecule has 1 atom stereocenters. The summed E-state index contributed by atoms with van der Waals surface area (Å²) in [5, 5.41) is 0.680. The normalized spacial score (nSPS) is 11.1. The van der Waals surface area contributed by atoms with Crippen LogP contribution in [0.4, 0.5) is 0 Å². The Hall–Kier alpha value is -3.35. The van der Waals surface area contributed by atoms with Crippen molar-refractivity contribution in [2.45, 2.75) is 5.60 Å². The van der Waals surface area contributed by atoms with Crippen LogP contribution in [-0.4, -0.2) is 11.1 Å². The highest BCUT2D eigenvalue weighted by Crippen LogP contribution is 2.37. The number of carbonyl (C=O) groups is 1. The van der Waals surface area contributed by atoms with Gasteiger partial charge in [0.25, 0.3) is 0 Å². The Kier molecular flexibility index (Phi) is 5.97. The van der Waals surface area contributed by atoms with Crippen LogP contribution in [0.15, 0.2) is 121 Å². The van der Waals surface area contributed by atoms with Crippen LogP contribution in [0.5, 0.6) is 5.75 Å². The molecule has 1 unspecified atom stereocenters. The molecule has 0 saturated heterocycles. The molecule has 148 valence electrons. The number of Topliss-reactive ketones (excluding diaryl/α,β-unsaturated/α-hetero) is 1. The average Bonchev–Trinajstić information content (AvgIpc) is 2.84. The molecule has 0 aliphatic heterocycles. The standard InChI is InChI=1S/C27H23O2P/c28-26(25(30)21-13-5-1-6-14-21)27(22-15-7-2-8-16-22,23-17-9-3-10-18-23)29-24-19-11-4-12-20-24/h1-20H,30H3. The maximum Gasteiger partial charge on any atom is 0.221 e. The maximum atomic E-state index is 14.2. The maximum absolute atomic E-state index is 14.2. The second-order valence-electron chi connectivity index (χ2n) is 7.00. The van der Waals surface area contributed by atoms with Gasteiger partial charge in [0.2, 0.25) is 11.4 Å². The van der Waals surface area contributed by atoms with Gasteiger partial charge in [0.05, 0.1) is 0 Å². The lowest BCUT2D eigenvalue weighted by Crippen LogP contribution is -2.46.